The Morgan fingerprint density at radius 2 is 2.23 bits per heavy atom. The molecule has 1 saturated heterocycles. The Morgan fingerprint density at radius 1 is 1.35 bits per heavy atom. The number of hydrogen-bond donors (Lipinski definition) is 2. The molecule has 2 fully saturated rings. The van der Waals surface area contributed by atoms with Crippen LogP contribution in [0.15, 0.2) is 27.8 Å². The van der Waals surface area contributed by atoms with E-state index < -0.39 is 0 Å². The summed E-state index contributed by atoms with van der Waals surface area (Å²) in [5, 5.41) is 7.04. The molecule has 2 N–H and O–H groups in total. The van der Waals surface area contributed by atoms with Crippen molar-refractivity contribution in [3.05, 3.63) is 24.2 Å². The van der Waals surface area contributed by atoms with Crippen molar-refractivity contribution < 1.29 is 9.15 Å². The molecule has 3 rings (SSSR count). The van der Waals surface area contributed by atoms with E-state index in [-0.39, 0.29) is 0 Å². The molecule has 1 aromatic heterocycles. The normalized spacial score (nSPS) is 22.4. The molecule has 1 aromatic rings. The van der Waals surface area contributed by atoms with Crippen LogP contribution in [0.3, 0.4) is 0 Å². The summed E-state index contributed by atoms with van der Waals surface area (Å²) < 4.78 is 10.9. The van der Waals surface area contributed by atoms with Crippen molar-refractivity contribution in [3.8, 4) is 0 Å². The molecule has 1 atom stereocenters. The number of guanidine groups is 1. The summed E-state index contributed by atoms with van der Waals surface area (Å²) >= 11 is 0. The Morgan fingerprint density at radius 3 is 2.85 bits per heavy atom. The topological polar surface area (TPSA) is 58.8 Å². The van der Waals surface area contributed by atoms with Crippen LogP contribution in [0.1, 0.15) is 51.7 Å². The molecule has 0 amide bonds. The zero-order valence-corrected chi connectivity index (χ0v) is 16.4. The van der Waals surface area contributed by atoms with Gasteiger partial charge in [0, 0.05) is 38.6 Å². The average molecular weight is 362 g/mol. The molecule has 0 radical (unpaired) electrons. The summed E-state index contributed by atoms with van der Waals surface area (Å²) in [7, 11) is 0. The highest BCUT2D eigenvalue weighted by Crippen LogP contribution is 2.46. The predicted molar refractivity (Wildman–Crippen MR) is 105 cm³/mol. The predicted octanol–water partition coefficient (Wildman–Crippen LogP) is 3.61. The second-order valence-electron chi connectivity index (χ2n) is 8.48. The van der Waals surface area contributed by atoms with E-state index in [1.54, 1.807) is 6.26 Å². The van der Waals surface area contributed by atoms with Gasteiger partial charge in [0.05, 0.1) is 12.9 Å². The van der Waals surface area contributed by atoms with Gasteiger partial charge in [-0.15, -0.1) is 0 Å². The SMILES string of the molecule is CC(C)CC1(CN=C(NCCc2ccco2)NCC2CCOC2)CCC1. The quantitative estimate of drug-likeness (QED) is 0.521. The van der Waals surface area contributed by atoms with Gasteiger partial charge in [0.2, 0.25) is 0 Å². The van der Waals surface area contributed by atoms with Crippen LogP contribution in [0, 0.1) is 17.3 Å². The summed E-state index contributed by atoms with van der Waals surface area (Å²) in [6.45, 7) is 9.10. The first kappa shape index (κ1) is 19.3. The van der Waals surface area contributed by atoms with Crippen LogP contribution in [-0.2, 0) is 11.2 Å². The van der Waals surface area contributed by atoms with Crippen molar-refractivity contribution in [2.24, 2.45) is 22.2 Å². The smallest absolute Gasteiger partial charge is 0.191 e. The van der Waals surface area contributed by atoms with E-state index in [2.05, 4.69) is 24.5 Å². The molecule has 0 aromatic carbocycles. The van der Waals surface area contributed by atoms with E-state index in [4.69, 9.17) is 14.1 Å². The molecular formula is C21H35N3O2. The molecule has 26 heavy (non-hydrogen) atoms. The van der Waals surface area contributed by atoms with Crippen molar-refractivity contribution in [1.29, 1.82) is 0 Å². The minimum absolute atomic E-state index is 0.431. The number of hydrogen-bond acceptors (Lipinski definition) is 3. The maximum absolute atomic E-state index is 5.49. The summed E-state index contributed by atoms with van der Waals surface area (Å²) in [5.74, 6) is 3.29. The van der Waals surface area contributed by atoms with Gasteiger partial charge < -0.3 is 19.8 Å². The second-order valence-corrected chi connectivity index (χ2v) is 8.48. The highest BCUT2D eigenvalue weighted by molar-refractivity contribution is 5.79. The molecular weight excluding hydrogens is 326 g/mol. The maximum Gasteiger partial charge on any atom is 0.191 e. The first-order valence-electron chi connectivity index (χ1n) is 10.3. The van der Waals surface area contributed by atoms with Crippen molar-refractivity contribution in [3.63, 3.8) is 0 Å². The molecule has 1 saturated carbocycles. The Hall–Kier alpha value is -1.49. The van der Waals surface area contributed by atoms with Gasteiger partial charge in [0.15, 0.2) is 5.96 Å². The third-order valence-corrected chi connectivity index (χ3v) is 5.65. The lowest BCUT2D eigenvalue weighted by atomic mass is 9.64. The molecule has 1 unspecified atom stereocenters. The molecule has 2 aliphatic rings. The number of furan rings is 1. The van der Waals surface area contributed by atoms with E-state index >= 15 is 0 Å². The lowest BCUT2D eigenvalue weighted by molar-refractivity contribution is 0.111. The molecule has 2 heterocycles. The lowest BCUT2D eigenvalue weighted by Crippen LogP contribution is -2.42. The summed E-state index contributed by atoms with van der Waals surface area (Å²) in [5.41, 5.74) is 0.431. The fourth-order valence-corrected chi connectivity index (χ4v) is 4.13. The van der Waals surface area contributed by atoms with Crippen LogP contribution in [0.25, 0.3) is 0 Å². The van der Waals surface area contributed by atoms with E-state index in [0.29, 0.717) is 11.3 Å². The number of nitrogens with zero attached hydrogens (tertiary/aromatic N) is 1. The second kappa shape index (κ2) is 9.45. The fourth-order valence-electron chi connectivity index (χ4n) is 4.13. The van der Waals surface area contributed by atoms with Crippen molar-refractivity contribution in [1.82, 2.24) is 10.6 Å². The van der Waals surface area contributed by atoms with Gasteiger partial charge in [-0.3, -0.25) is 4.99 Å². The van der Waals surface area contributed by atoms with Gasteiger partial charge in [-0.2, -0.15) is 0 Å². The standard InChI is InChI=1S/C21H35N3O2/c1-17(2)13-21(8-4-9-21)16-24-20(23-14-18-7-12-25-15-18)22-10-6-19-5-3-11-26-19/h3,5,11,17-18H,4,6-10,12-16H2,1-2H3,(H2,22,23,24). The molecule has 1 aliphatic heterocycles. The van der Waals surface area contributed by atoms with Crippen LogP contribution in [0.2, 0.25) is 0 Å². The summed E-state index contributed by atoms with van der Waals surface area (Å²) in [4.78, 5) is 4.97. The van der Waals surface area contributed by atoms with Crippen LogP contribution in [0.4, 0.5) is 0 Å². The van der Waals surface area contributed by atoms with Gasteiger partial charge in [0.1, 0.15) is 5.76 Å². The van der Waals surface area contributed by atoms with E-state index in [1.165, 1.54) is 25.7 Å². The van der Waals surface area contributed by atoms with Crippen molar-refractivity contribution in [2.45, 2.75) is 52.4 Å². The Balaban J connectivity index is 1.53. The molecule has 5 heteroatoms. The number of rotatable bonds is 9. The maximum atomic E-state index is 5.49. The first-order valence-corrected chi connectivity index (χ1v) is 10.3. The minimum Gasteiger partial charge on any atom is -0.469 e. The number of aliphatic imine (C=N–C) groups is 1. The molecule has 5 nitrogen and oxygen atoms in total. The third kappa shape index (κ3) is 5.76. The summed E-state index contributed by atoms with van der Waals surface area (Å²) in [6, 6.07) is 3.96. The van der Waals surface area contributed by atoms with Gasteiger partial charge >= 0.3 is 0 Å². The van der Waals surface area contributed by atoms with E-state index in [0.717, 1.165) is 63.3 Å². The highest BCUT2D eigenvalue weighted by atomic mass is 16.5. The average Bonchev–Trinajstić information content (AvgIpc) is 3.27. The van der Waals surface area contributed by atoms with E-state index in [9.17, 15) is 0 Å². The Labute approximate surface area is 158 Å². The molecule has 146 valence electrons. The Kier molecular flexibility index (Phi) is 7.00. The molecule has 1 aliphatic carbocycles. The monoisotopic (exact) mass is 361 g/mol. The minimum atomic E-state index is 0.431. The van der Waals surface area contributed by atoms with Crippen LogP contribution >= 0.6 is 0 Å². The largest absolute Gasteiger partial charge is 0.469 e. The van der Waals surface area contributed by atoms with Crippen LogP contribution in [0.5, 0.6) is 0 Å². The van der Waals surface area contributed by atoms with Crippen LogP contribution in [-0.4, -0.2) is 38.8 Å². The number of nitrogens with one attached hydrogen (secondary N) is 2. The summed E-state index contributed by atoms with van der Waals surface area (Å²) in [6.07, 6.45) is 9.04. The zero-order valence-electron chi connectivity index (χ0n) is 16.4. The first-order chi connectivity index (χ1) is 12.7. The highest BCUT2D eigenvalue weighted by Gasteiger charge is 2.37. The van der Waals surface area contributed by atoms with Crippen molar-refractivity contribution >= 4 is 5.96 Å². The van der Waals surface area contributed by atoms with Gasteiger partial charge in [-0.1, -0.05) is 20.3 Å². The van der Waals surface area contributed by atoms with Crippen LogP contribution < -0.4 is 10.6 Å². The van der Waals surface area contributed by atoms with Gasteiger partial charge in [-0.05, 0) is 49.1 Å². The van der Waals surface area contributed by atoms with Crippen molar-refractivity contribution in [2.75, 3.05) is 32.8 Å². The zero-order chi connectivity index (χ0) is 18.2. The van der Waals surface area contributed by atoms with Gasteiger partial charge in [0.25, 0.3) is 0 Å². The molecule has 0 bridgehead atoms. The number of ether oxygens (including phenoxy) is 1. The van der Waals surface area contributed by atoms with Gasteiger partial charge in [-0.25, -0.2) is 0 Å². The lowest BCUT2D eigenvalue weighted by Gasteiger charge is -2.42. The van der Waals surface area contributed by atoms with E-state index in [1.807, 2.05) is 12.1 Å². The Bertz CT molecular complexity index is 544. The molecule has 0 spiro atoms. The fraction of sp³-hybridized carbons (Fsp3) is 0.762. The third-order valence-electron chi connectivity index (χ3n) is 5.65.